The summed E-state index contributed by atoms with van der Waals surface area (Å²) < 4.78 is 0. The number of hydroxylamine groups is 1. The lowest BCUT2D eigenvalue weighted by atomic mass is 10.3. The van der Waals surface area contributed by atoms with Gasteiger partial charge in [0.05, 0.1) is 6.10 Å². The fraction of sp³-hybridized carbons (Fsp3) is 1.00. The molecule has 1 aliphatic carbocycles. The van der Waals surface area contributed by atoms with Crippen LogP contribution in [0.25, 0.3) is 0 Å². The Bertz CT molecular complexity index is 69.3. The van der Waals surface area contributed by atoms with Crippen molar-refractivity contribution in [1.82, 2.24) is 5.48 Å². The molecule has 0 unspecified atom stereocenters. The summed E-state index contributed by atoms with van der Waals surface area (Å²) in [6.07, 6.45) is 5.68. The van der Waals surface area contributed by atoms with E-state index in [2.05, 4.69) is 12.4 Å². The average Bonchev–Trinajstić information content (AvgIpc) is 2.34. The van der Waals surface area contributed by atoms with E-state index in [-0.39, 0.29) is 0 Å². The van der Waals surface area contributed by atoms with Crippen molar-refractivity contribution in [3.8, 4) is 0 Å². The molecule has 0 aromatic rings. The molecule has 0 spiro atoms. The number of rotatable bonds is 3. The zero-order valence-corrected chi connectivity index (χ0v) is 6.02. The fourth-order valence-electron chi connectivity index (χ4n) is 1.21. The van der Waals surface area contributed by atoms with E-state index in [9.17, 15) is 0 Å². The smallest absolute Gasteiger partial charge is 0.0790 e. The second-order valence-electron chi connectivity index (χ2n) is 2.52. The largest absolute Gasteiger partial charge is 0.299 e. The molecule has 1 fully saturated rings. The molecule has 1 aliphatic rings. The molecule has 0 atom stereocenters. The second kappa shape index (κ2) is 3.85. The normalized spacial score (nSPS) is 21.0. The SMILES string of the molecule is CCNOC1CCCC1. The first-order valence-corrected chi connectivity index (χ1v) is 3.82. The minimum atomic E-state index is 0.505. The maximum absolute atomic E-state index is 5.30. The zero-order chi connectivity index (χ0) is 6.53. The highest BCUT2D eigenvalue weighted by Crippen LogP contribution is 2.19. The summed E-state index contributed by atoms with van der Waals surface area (Å²) in [7, 11) is 0. The number of hydrogen-bond acceptors (Lipinski definition) is 2. The summed E-state index contributed by atoms with van der Waals surface area (Å²) in [5.41, 5.74) is 2.89. The first-order valence-electron chi connectivity index (χ1n) is 3.82. The molecule has 0 aliphatic heterocycles. The van der Waals surface area contributed by atoms with E-state index in [0.717, 1.165) is 6.54 Å². The zero-order valence-electron chi connectivity index (χ0n) is 6.02. The summed E-state index contributed by atoms with van der Waals surface area (Å²) in [6.45, 7) is 2.96. The minimum Gasteiger partial charge on any atom is -0.299 e. The van der Waals surface area contributed by atoms with E-state index < -0.39 is 0 Å². The standard InChI is InChI=1S/C7H15NO/c1-2-8-9-7-5-3-4-6-7/h7-8H,2-6H2,1H3. The van der Waals surface area contributed by atoms with Crippen LogP contribution in [0.2, 0.25) is 0 Å². The number of nitrogens with one attached hydrogen (secondary N) is 1. The third-order valence-electron chi connectivity index (χ3n) is 1.70. The van der Waals surface area contributed by atoms with Gasteiger partial charge < -0.3 is 0 Å². The molecule has 0 aromatic heterocycles. The average molecular weight is 129 g/mol. The Balaban J connectivity index is 1.98. The van der Waals surface area contributed by atoms with Crippen molar-refractivity contribution in [2.75, 3.05) is 6.54 Å². The fourth-order valence-corrected chi connectivity index (χ4v) is 1.21. The van der Waals surface area contributed by atoms with Crippen molar-refractivity contribution >= 4 is 0 Å². The Morgan fingerprint density at radius 2 is 2.11 bits per heavy atom. The molecule has 1 N–H and O–H groups in total. The van der Waals surface area contributed by atoms with Crippen LogP contribution in [0.3, 0.4) is 0 Å². The highest BCUT2D eigenvalue weighted by molar-refractivity contribution is 4.65. The molecule has 0 heterocycles. The quantitative estimate of drug-likeness (QED) is 0.583. The van der Waals surface area contributed by atoms with Crippen LogP contribution in [-0.2, 0) is 4.84 Å². The Hall–Kier alpha value is -0.0800. The van der Waals surface area contributed by atoms with Gasteiger partial charge in [0.25, 0.3) is 0 Å². The maximum Gasteiger partial charge on any atom is 0.0790 e. The lowest BCUT2D eigenvalue weighted by Crippen LogP contribution is -2.20. The molecule has 54 valence electrons. The van der Waals surface area contributed by atoms with Crippen molar-refractivity contribution in [3.05, 3.63) is 0 Å². The Labute approximate surface area is 56.5 Å². The lowest BCUT2D eigenvalue weighted by molar-refractivity contribution is -0.0178. The van der Waals surface area contributed by atoms with Crippen LogP contribution < -0.4 is 5.48 Å². The molecule has 1 saturated carbocycles. The van der Waals surface area contributed by atoms with Gasteiger partial charge in [0.1, 0.15) is 0 Å². The Morgan fingerprint density at radius 3 is 2.67 bits per heavy atom. The summed E-state index contributed by atoms with van der Waals surface area (Å²) in [5, 5.41) is 0. The van der Waals surface area contributed by atoms with Gasteiger partial charge in [-0.25, -0.2) is 5.48 Å². The van der Waals surface area contributed by atoms with Crippen molar-refractivity contribution in [1.29, 1.82) is 0 Å². The number of hydrogen-bond donors (Lipinski definition) is 1. The van der Waals surface area contributed by atoms with Gasteiger partial charge in [0.2, 0.25) is 0 Å². The summed E-state index contributed by atoms with van der Waals surface area (Å²) in [4.78, 5) is 5.30. The minimum absolute atomic E-state index is 0.505. The molecule has 0 amide bonds. The van der Waals surface area contributed by atoms with E-state index in [1.54, 1.807) is 0 Å². The Morgan fingerprint density at radius 1 is 1.44 bits per heavy atom. The third-order valence-corrected chi connectivity index (χ3v) is 1.70. The lowest BCUT2D eigenvalue weighted by Gasteiger charge is -2.08. The van der Waals surface area contributed by atoms with Crippen LogP contribution in [0.4, 0.5) is 0 Å². The van der Waals surface area contributed by atoms with E-state index in [1.807, 2.05) is 0 Å². The summed E-state index contributed by atoms with van der Waals surface area (Å²) in [5.74, 6) is 0. The van der Waals surface area contributed by atoms with Crippen molar-refractivity contribution in [2.24, 2.45) is 0 Å². The highest BCUT2D eigenvalue weighted by atomic mass is 16.7. The molecule has 2 nitrogen and oxygen atoms in total. The van der Waals surface area contributed by atoms with Gasteiger partial charge >= 0.3 is 0 Å². The van der Waals surface area contributed by atoms with Crippen LogP contribution >= 0.6 is 0 Å². The van der Waals surface area contributed by atoms with Crippen LogP contribution in [0.5, 0.6) is 0 Å². The predicted octanol–water partition coefficient (Wildman–Crippen LogP) is 1.47. The third kappa shape index (κ3) is 2.33. The highest BCUT2D eigenvalue weighted by Gasteiger charge is 2.14. The van der Waals surface area contributed by atoms with Gasteiger partial charge in [-0.15, -0.1) is 0 Å². The van der Waals surface area contributed by atoms with Crippen molar-refractivity contribution in [2.45, 2.75) is 38.7 Å². The molecule has 0 bridgehead atoms. The molecule has 0 saturated heterocycles. The van der Waals surface area contributed by atoms with E-state index in [4.69, 9.17) is 4.84 Å². The van der Waals surface area contributed by atoms with E-state index >= 15 is 0 Å². The topological polar surface area (TPSA) is 21.3 Å². The van der Waals surface area contributed by atoms with Gasteiger partial charge in [0.15, 0.2) is 0 Å². The molecule has 1 rings (SSSR count). The monoisotopic (exact) mass is 129 g/mol. The first-order chi connectivity index (χ1) is 4.43. The summed E-state index contributed by atoms with van der Waals surface area (Å²) in [6, 6.07) is 0. The summed E-state index contributed by atoms with van der Waals surface area (Å²) >= 11 is 0. The molecule has 0 aromatic carbocycles. The molecule has 9 heavy (non-hydrogen) atoms. The second-order valence-corrected chi connectivity index (χ2v) is 2.52. The van der Waals surface area contributed by atoms with Gasteiger partial charge in [0, 0.05) is 6.54 Å². The van der Waals surface area contributed by atoms with Crippen LogP contribution in [0.15, 0.2) is 0 Å². The van der Waals surface area contributed by atoms with Gasteiger partial charge in [-0.1, -0.05) is 19.8 Å². The first kappa shape index (κ1) is 7.03. The Kier molecular flexibility index (Phi) is 3.01. The van der Waals surface area contributed by atoms with Gasteiger partial charge in [-0.2, -0.15) is 0 Å². The van der Waals surface area contributed by atoms with Crippen molar-refractivity contribution < 1.29 is 4.84 Å². The molecule has 2 heteroatoms. The van der Waals surface area contributed by atoms with Crippen molar-refractivity contribution in [3.63, 3.8) is 0 Å². The van der Waals surface area contributed by atoms with Gasteiger partial charge in [-0.05, 0) is 12.8 Å². The molecular weight excluding hydrogens is 114 g/mol. The van der Waals surface area contributed by atoms with Gasteiger partial charge in [-0.3, -0.25) is 4.84 Å². The van der Waals surface area contributed by atoms with E-state index in [0.29, 0.717) is 6.10 Å². The molecule has 0 radical (unpaired) electrons. The van der Waals surface area contributed by atoms with E-state index in [1.165, 1.54) is 25.7 Å². The molecular formula is C7H15NO. The van der Waals surface area contributed by atoms with Crippen LogP contribution in [0, 0.1) is 0 Å². The predicted molar refractivity (Wildman–Crippen MR) is 37.0 cm³/mol. The maximum atomic E-state index is 5.30. The van der Waals surface area contributed by atoms with Crippen LogP contribution in [0.1, 0.15) is 32.6 Å². The van der Waals surface area contributed by atoms with Crippen LogP contribution in [-0.4, -0.2) is 12.6 Å².